The highest BCUT2D eigenvalue weighted by Crippen LogP contribution is 2.24. The molecule has 1 rings (SSSR count). The third kappa shape index (κ3) is 5.62. The lowest BCUT2D eigenvalue weighted by atomic mass is 9.96. The number of methoxy groups -OCH3 is 2. The highest BCUT2D eigenvalue weighted by molar-refractivity contribution is 5.30. The van der Waals surface area contributed by atoms with E-state index in [9.17, 15) is 0 Å². The maximum Gasteiger partial charge on any atom is 0.119 e. The Morgan fingerprint density at radius 2 is 2.05 bits per heavy atom. The molecule has 1 N–H and O–H groups in total. The van der Waals surface area contributed by atoms with Crippen LogP contribution in [-0.4, -0.2) is 27.4 Å². The first kappa shape index (κ1) is 16.0. The van der Waals surface area contributed by atoms with Gasteiger partial charge in [-0.05, 0) is 43.0 Å². The lowest BCUT2D eigenvalue weighted by molar-refractivity contribution is 0.149. The summed E-state index contributed by atoms with van der Waals surface area (Å²) in [4.78, 5) is 0. The van der Waals surface area contributed by atoms with E-state index in [1.54, 1.807) is 14.2 Å². The van der Waals surface area contributed by atoms with Crippen LogP contribution in [0.1, 0.15) is 38.3 Å². The smallest absolute Gasteiger partial charge is 0.119 e. The topological polar surface area (TPSA) is 30.5 Å². The second-order valence-electron chi connectivity index (χ2n) is 5.08. The van der Waals surface area contributed by atoms with Crippen molar-refractivity contribution in [1.29, 1.82) is 0 Å². The van der Waals surface area contributed by atoms with E-state index in [-0.39, 0.29) is 0 Å². The van der Waals surface area contributed by atoms with Crippen LogP contribution < -0.4 is 10.1 Å². The van der Waals surface area contributed by atoms with Crippen molar-refractivity contribution in [2.24, 2.45) is 5.92 Å². The van der Waals surface area contributed by atoms with Crippen LogP contribution in [-0.2, 0) is 4.74 Å². The quantitative estimate of drug-likeness (QED) is 0.742. The van der Waals surface area contributed by atoms with Gasteiger partial charge in [0.05, 0.1) is 7.11 Å². The van der Waals surface area contributed by atoms with E-state index < -0.39 is 0 Å². The lowest BCUT2D eigenvalue weighted by Gasteiger charge is -2.23. The normalized spacial score (nSPS) is 14.1. The summed E-state index contributed by atoms with van der Waals surface area (Å²) >= 11 is 0. The molecule has 0 saturated carbocycles. The summed E-state index contributed by atoms with van der Waals surface area (Å²) in [5.41, 5.74) is 1.29. The van der Waals surface area contributed by atoms with Gasteiger partial charge in [0.1, 0.15) is 5.75 Å². The van der Waals surface area contributed by atoms with E-state index in [1.165, 1.54) is 5.56 Å². The Labute approximate surface area is 117 Å². The van der Waals surface area contributed by atoms with Crippen molar-refractivity contribution in [2.75, 3.05) is 27.4 Å². The lowest BCUT2D eigenvalue weighted by Crippen LogP contribution is -2.25. The summed E-state index contributed by atoms with van der Waals surface area (Å²) in [6, 6.07) is 8.68. The predicted molar refractivity (Wildman–Crippen MR) is 79.7 cm³/mol. The molecule has 0 aliphatic rings. The monoisotopic (exact) mass is 265 g/mol. The van der Waals surface area contributed by atoms with Gasteiger partial charge in [-0.25, -0.2) is 0 Å². The summed E-state index contributed by atoms with van der Waals surface area (Å²) in [6.07, 6.45) is 2.21. The maximum atomic E-state index is 5.31. The van der Waals surface area contributed by atoms with Crippen LogP contribution in [0.5, 0.6) is 5.75 Å². The SMILES string of the molecule is CCCNC(CC(C)COC)c1cccc(OC)c1. The Kier molecular flexibility index (Phi) is 7.53. The van der Waals surface area contributed by atoms with Gasteiger partial charge in [0.2, 0.25) is 0 Å². The third-order valence-corrected chi connectivity index (χ3v) is 3.23. The summed E-state index contributed by atoms with van der Waals surface area (Å²) in [5.74, 6) is 1.45. The Morgan fingerprint density at radius 1 is 1.26 bits per heavy atom. The van der Waals surface area contributed by atoms with E-state index in [4.69, 9.17) is 9.47 Å². The second-order valence-corrected chi connectivity index (χ2v) is 5.08. The zero-order valence-corrected chi connectivity index (χ0v) is 12.6. The first-order valence-corrected chi connectivity index (χ1v) is 7.07. The Hall–Kier alpha value is -1.06. The molecule has 0 radical (unpaired) electrons. The minimum Gasteiger partial charge on any atom is -0.497 e. The number of rotatable bonds is 9. The summed E-state index contributed by atoms with van der Waals surface area (Å²) in [6.45, 7) is 6.24. The second kappa shape index (κ2) is 8.94. The molecular weight excluding hydrogens is 238 g/mol. The average Bonchev–Trinajstić information content (AvgIpc) is 2.43. The van der Waals surface area contributed by atoms with Crippen LogP contribution in [0.15, 0.2) is 24.3 Å². The molecule has 0 fully saturated rings. The van der Waals surface area contributed by atoms with Crippen molar-refractivity contribution < 1.29 is 9.47 Å². The van der Waals surface area contributed by atoms with Gasteiger partial charge in [-0.3, -0.25) is 0 Å². The van der Waals surface area contributed by atoms with Crippen LogP contribution in [0, 0.1) is 5.92 Å². The predicted octanol–water partition coefficient (Wildman–Crippen LogP) is 3.41. The van der Waals surface area contributed by atoms with Gasteiger partial charge in [-0.2, -0.15) is 0 Å². The standard InChI is InChI=1S/C16H27NO2/c1-5-9-17-16(10-13(2)12-18-3)14-7-6-8-15(11-14)19-4/h6-8,11,13,16-17H,5,9-10,12H2,1-4H3. The van der Waals surface area contributed by atoms with Gasteiger partial charge in [-0.15, -0.1) is 0 Å². The molecule has 0 bridgehead atoms. The fourth-order valence-electron chi connectivity index (χ4n) is 2.27. The molecule has 0 aliphatic carbocycles. The van der Waals surface area contributed by atoms with Gasteiger partial charge in [0, 0.05) is 19.8 Å². The molecular formula is C16H27NO2. The van der Waals surface area contributed by atoms with Gasteiger partial charge >= 0.3 is 0 Å². The van der Waals surface area contributed by atoms with Gasteiger partial charge in [-0.1, -0.05) is 26.0 Å². The van der Waals surface area contributed by atoms with E-state index >= 15 is 0 Å². The number of ether oxygens (including phenoxy) is 2. The van der Waals surface area contributed by atoms with Crippen LogP contribution in [0.4, 0.5) is 0 Å². The molecule has 0 amide bonds. The zero-order chi connectivity index (χ0) is 14.1. The zero-order valence-electron chi connectivity index (χ0n) is 12.6. The highest BCUT2D eigenvalue weighted by Gasteiger charge is 2.15. The van der Waals surface area contributed by atoms with E-state index in [0.717, 1.165) is 31.7 Å². The van der Waals surface area contributed by atoms with Crippen molar-refractivity contribution in [3.63, 3.8) is 0 Å². The molecule has 2 unspecified atom stereocenters. The van der Waals surface area contributed by atoms with Crippen molar-refractivity contribution in [1.82, 2.24) is 5.32 Å². The van der Waals surface area contributed by atoms with Crippen LogP contribution >= 0.6 is 0 Å². The Morgan fingerprint density at radius 3 is 2.68 bits per heavy atom. The van der Waals surface area contributed by atoms with Crippen molar-refractivity contribution in [3.05, 3.63) is 29.8 Å². The minimum atomic E-state index is 0.361. The fraction of sp³-hybridized carbons (Fsp3) is 0.625. The number of nitrogens with one attached hydrogen (secondary N) is 1. The number of hydrogen-bond acceptors (Lipinski definition) is 3. The number of benzene rings is 1. The molecule has 19 heavy (non-hydrogen) atoms. The van der Waals surface area contributed by atoms with Crippen LogP contribution in [0.3, 0.4) is 0 Å². The summed E-state index contributed by atoms with van der Waals surface area (Å²) < 4.78 is 10.5. The van der Waals surface area contributed by atoms with Gasteiger partial charge < -0.3 is 14.8 Å². The molecule has 1 aromatic carbocycles. The van der Waals surface area contributed by atoms with Crippen molar-refractivity contribution in [3.8, 4) is 5.75 Å². The summed E-state index contributed by atoms with van der Waals surface area (Å²) in [7, 11) is 3.47. The molecule has 108 valence electrons. The molecule has 3 nitrogen and oxygen atoms in total. The minimum absolute atomic E-state index is 0.361. The maximum absolute atomic E-state index is 5.31. The Balaban J connectivity index is 2.76. The molecule has 0 saturated heterocycles. The first-order chi connectivity index (χ1) is 9.21. The molecule has 1 aromatic rings. The van der Waals surface area contributed by atoms with E-state index in [2.05, 4.69) is 37.4 Å². The van der Waals surface area contributed by atoms with Gasteiger partial charge in [0.15, 0.2) is 0 Å². The third-order valence-electron chi connectivity index (χ3n) is 3.23. The fourth-order valence-corrected chi connectivity index (χ4v) is 2.27. The van der Waals surface area contributed by atoms with Crippen LogP contribution in [0.25, 0.3) is 0 Å². The summed E-state index contributed by atoms with van der Waals surface area (Å²) in [5, 5.41) is 3.62. The van der Waals surface area contributed by atoms with Crippen molar-refractivity contribution in [2.45, 2.75) is 32.7 Å². The Bertz CT molecular complexity index is 354. The van der Waals surface area contributed by atoms with Crippen molar-refractivity contribution >= 4 is 0 Å². The molecule has 0 aromatic heterocycles. The van der Waals surface area contributed by atoms with E-state index in [1.807, 2.05) is 6.07 Å². The molecule has 3 heteroatoms. The molecule has 0 aliphatic heterocycles. The van der Waals surface area contributed by atoms with Crippen LogP contribution in [0.2, 0.25) is 0 Å². The van der Waals surface area contributed by atoms with Gasteiger partial charge in [0.25, 0.3) is 0 Å². The molecule has 0 heterocycles. The molecule has 2 atom stereocenters. The average molecular weight is 265 g/mol. The first-order valence-electron chi connectivity index (χ1n) is 7.07. The highest BCUT2D eigenvalue weighted by atomic mass is 16.5. The number of hydrogen-bond donors (Lipinski definition) is 1. The molecule has 0 spiro atoms. The largest absolute Gasteiger partial charge is 0.497 e. The van der Waals surface area contributed by atoms with E-state index in [0.29, 0.717) is 12.0 Å².